The molecule has 2 aromatic heterocycles. The molecule has 2 atom stereocenters. The third-order valence-electron chi connectivity index (χ3n) is 5.38. The molecule has 2 amide bonds. The third kappa shape index (κ3) is 5.02. The van der Waals surface area contributed by atoms with Crippen molar-refractivity contribution in [1.29, 1.82) is 0 Å². The smallest absolute Gasteiger partial charge is 0.324 e. The monoisotopic (exact) mass is 481 g/mol. The molecule has 0 unspecified atom stereocenters. The molecule has 12 heteroatoms. The number of piperazine rings is 1. The number of amides is 2. The van der Waals surface area contributed by atoms with Crippen LogP contribution in [0.4, 0.5) is 28.9 Å². The SMILES string of the molecule is C[C@H]1CN(c2ncc(C[C@@H](O)CO)cc2F)CCN1C(=O)Nc1nc2c(F)cc(F)cc2s1. The zero-order valence-corrected chi connectivity index (χ0v) is 18.4. The summed E-state index contributed by atoms with van der Waals surface area (Å²) < 4.78 is 42.2. The fourth-order valence-corrected chi connectivity index (χ4v) is 4.67. The number of hydrogen-bond donors (Lipinski definition) is 3. The fraction of sp³-hybridized carbons (Fsp3) is 0.381. The van der Waals surface area contributed by atoms with Crippen LogP contribution >= 0.6 is 11.3 Å². The van der Waals surface area contributed by atoms with Gasteiger partial charge < -0.3 is 20.0 Å². The first-order chi connectivity index (χ1) is 15.7. The average Bonchev–Trinajstić information content (AvgIpc) is 3.16. The number of carbonyl (C=O) groups is 1. The Balaban J connectivity index is 1.41. The first-order valence-electron chi connectivity index (χ1n) is 10.3. The lowest BCUT2D eigenvalue weighted by Crippen LogP contribution is -2.55. The molecule has 0 aliphatic carbocycles. The van der Waals surface area contributed by atoms with Gasteiger partial charge in [-0.1, -0.05) is 11.3 Å². The minimum atomic E-state index is -0.981. The molecule has 1 aliphatic heterocycles. The Morgan fingerprint density at radius 2 is 2.06 bits per heavy atom. The summed E-state index contributed by atoms with van der Waals surface area (Å²) in [6, 6.07) is 2.44. The van der Waals surface area contributed by atoms with E-state index in [2.05, 4.69) is 15.3 Å². The van der Waals surface area contributed by atoms with Crippen molar-refractivity contribution in [2.75, 3.05) is 36.5 Å². The predicted molar refractivity (Wildman–Crippen MR) is 118 cm³/mol. The van der Waals surface area contributed by atoms with Crippen molar-refractivity contribution < 1.29 is 28.2 Å². The van der Waals surface area contributed by atoms with Gasteiger partial charge in [-0.2, -0.15) is 0 Å². The van der Waals surface area contributed by atoms with E-state index in [-0.39, 0.29) is 40.2 Å². The zero-order chi connectivity index (χ0) is 23.7. The molecule has 0 radical (unpaired) electrons. The minimum Gasteiger partial charge on any atom is -0.394 e. The number of halogens is 3. The highest BCUT2D eigenvalue weighted by atomic mass is 32.1. The van der Waals surface area contributed by atoms with Gasteiger partial charge in [0, 0.05) is 44.4 Å². The lowest BCUT2D eigenvalue weighted by molar-refractivity contribution is 0.0954. The van der Waals surface area contributed by atoms with Crippen LogP contribution in [0.25, 0.3) is 10.2 Å². The summed E-state index contributed by atoms with van der Waals surface area (Å²) in [7, 11) is 0. The highest BCUT2D eigenvalue weighted by Gasteiger charge is 2.30. The van der Waals surface area contributed by atoms with Crippen LogP contribution in [0.5, 0.6) is 0 Å². The average molecular weight is 482 g/mol. The summed E-state index contributed by atoms with van der Waals surface area (Å²) >= 11 is 0.972. The number of aromatic nitrogens is 2. The van der Waals surface area contributed by atoms with Crippen LogP contribution in [-0.4, -0.2) is 69.5 Å². The van der Waals surface area contributed by atoms with Gasteiger partial charge in [-0.05, 0) is 24.6 Å². The molecule has 176 valence electrons. The molecule has 0 saturated carbocycles. The Morgan fingerprint density at radius 1 is 1.27 bits per heavy atom. The molecule has 3 N–H and O–H groups in total. The number of anilines is 2. The number of carbonyl (C=O) groups excluding carboxylic acids is 1. The number of urea groups is 1. The van der Waals surface area contributed by atoms with Crippen molar-refractivity contribution in [2.24, 2.45) is 0 Å². The number of thiazole rings is 1. The molecule has 4 rings (SSSR count). The molecular formula is C21H22F3N5O3S. The quantitative estimate of drug-likeness (QED) is 0.518. The van der Waals surface area contributed by atoms with Gasteiger partial charge in [-0.25, -0.2) is 27.9 Å². The van der Waals surface area contributed by atoms with Crippen LogP contribution in [0, 0.1) is 17.5 Å². The van der Waals surface area contributed by atoms with E-state index in [0.29, 0.717) is 18.7 Å². The Morgan fingerprint density at radius 3 is 2.76 bits per heavy atom. The second-order valence-corrected chi connectivity index (χ2v) is 8.89. The molecule has 1 fully saturated rings. The Labute approximate surface area is 191 Å². The topological polar surface area (TPSA) is 102 Å². The van der Waals surface area contributed by atoms with Crippen molar-refractivity contribution >= 4 is 38.5 Å². The van der Waals surface area contributed by atoms with Gasteiger partial charge in [0.25, 0.3) is 0 Å². The van der Waals surface area contributed by atoms with Crippen molar-refractivity contribution in [3.05, 3.63) is 47.4 Å². The van der Waals surface area contributed by atoms with Crippen LogP contribution in [0.3, 0.4) is 0 Å². The molecule has 8 nitrogen and oxygen atoms in total. The first kappa shape index (κ1) is 23.2. The summed E-state index contributed by atoms with van der Waals surface area (Å²) in [5, 5.41) is 21.2. The van der Waals surface area contributed by atoms with Gasteiger partial charge >= 0.3 is 6.03 Å². The second kappa shape index (κ2) is 9.49. The number of aliphatic hydroxyl groups excluding tert-OH is 2. The summed E-state index contributed by atoms with van der Waals surface area (Å²) in [5.74, 6) is -1.92. The summed E-state index contributed by atoms with van der Waals surface area (Å²) in [6.45, 7) is 2.33. The van der Waals surface area contributed by atoms with Gasteiger partial charge in [-0.15, -0.1) is 0 Å². The minimum absolute atomic E-state index is 0.00827. The number of hydrogen-bond acceptors (Lipinski definition) is 7. The molecule has 33 heavy (non-hydrogen) atoms. The van der Waals surface area contributed by atoms with E-state index in [1.807, 2.05) is 6.92 Å². The van der Waals surface area contributed by atoms with Gasteiger partial charge in [0.05, 0.1) is 17.4 Å². The lowest BCUT2D eigenvalue weighted by Gasteiger charge is -2.40. The Bertz CT molecular complexity index is 1180. The van der Waals surface area contributed by atoms with Crippen LogP contribution in [0.2, 0.25) is 0 Å². The predicted octanol–water partition coefficient (Wildman–Crippen LogP) is 2.75. The molecule has 3 aromatic rings. The number of fused-ring (bicyclic) bond motifs is 1. The van der Waals surface area contributed by atoms with Gasteiger partial charge in [0.15, 0.2) is 22.6 Å². The van der Waals surface area contributed by atoms with E-state index in [0.717, 1.165) is 23.5 Å². The molecule has 1 aromatic carbocycles. The van der Waals surface area contributed by atoms with E-state index in [1.165, 1.54) is 12.3 Å². The van der Waals surface area contributed by atoms with Gasteiger partial charge in [0.1, 0.15) is 11.3 Å². The van der Waals surface area contributed by atoms with E-state index < -0.39 is 36.2 Å². The number of nitrogens with zero attached hydrogens (tertiary/aromatic N) is 4. The van der Waals surface area contributed by atoms with E-state index >= 15 is 0 Å². The second-order valence-electron chi connectivity index (χ2n) is 7.86. The maximum atomic E-state index is 14.6. The highest BCUT2D eigenvalue weighted by Crippen LogP contribution is 2.29. The van der Waals surface area contributed by atoms with Crippen LogP contribution in [-0.2, 0) is 6.42 Å². The zero-order valence-electron chi connectivity index (χ0n) is 17.6. The maximum Gasteiger partial charge on any atom is 0.324 e. The summed E-state index contributed by atoms with van der Waals surface area (Å²) in [6.07, 6.45) is 0.564. The largest absolute Gasteiger partial charge is 0.394 e. The fourth-order valence-electron chi connectivity index (χ4n) is 3.78. The van der Waals surface area contributed by atoms with E-state index in [4.69, 9.17) is 5.11 Å². The molecule has 0 spiro atoms. The molecule has 1 saturated heterocycles. The third-order valence-corrected chi connectivity index (χ3v) is 6.29. The number of benzene rings is 1. The first-order valence-corrected chi connectivity index (χ1v) is 11.1. The van der Waals surface area contributed by atoms with Gasteiger partial charge in [-0.3, -0.25) is 5.32 Å². The van der Waals surface area contributed by atoms with Crippen molar-refractivity contribution in [3.8, 4) is 0 Å². The normalized spacial score (nSPS) is 17.5. The van der Waals surface area contributed by atoms with Crippen LogP contribution in [0.1, 0.15) is 12.5 Å². The van der Waals surface area contributed by atoms with Gasteiger partial charge in [0.2, 0.25) is 0 Å². The molecular weight excluding hydrogens is 459 g/mol. The number of aliphatic hydroxyl groups is 2. The molecule has 3 heterocycles. The van der Waals surface area contributed by atoms with Crippen LogP contribution in [0.15, 0.2) is 24.4 Å². The standard InChI is InChI=1S/C21H22F3N5O3S/c1-11-9-28(19-16(24)5-12(8-25-19)4-14(31)10-30)2-3-29(11)21(32)27-20-26-18-15(23)6-13(22)7-17(18)33-20/h5-8,11,14,30-31H,2-4,9-10H2,1H3,(H,26,27,32)/t11-,14+/m0/s1. The summed E-state index contributed by atoms with van der Waals surface area (Å²) in [5.41, 5.74) is 0.460. The maximum absolute atomic E-state index is 14.6. The van der Waals surface area contributed by atoms with Crippen molar-refractivity contribution in [3.63, 3.8) is 0 Å². The number of rotatable bonds is 5. The number of nitrogens with one attached hydrogen (secondary N) is 1. The van der Waals surface area contributed by atoms with E-state index in [1.54, 1.807) is 9.80 Å². The van der Waals surface area contributed by atoms with Crippen molar-refractivity contribution in [1.82, 2.24) is 14.9 Å². The Kier molecular flexibility index (Phi) is 6.68. The van der Waals surface area contributed by atoms with Crippen molar-refractivity contribution in [2.45, 2.75) is 25.5 Å². The highest BCUT2D eigenvalue weighted by molar-refractivity contribution is 7.22. The summed E-state index contributed by atoms with van der Waals surface area (Å²) in [4.78, 5) is 24.2. The molecule has 0 bridgehead atoms. The van der Waals surface area contributed by atoms with Crippen LogP contribution < -0.4 is 10.2 Å². The Hall–Kier alpha value is -2.96. The lowest BCUT2D eigenvalue weighted by atomic mass is 10.1. The molecule has 1 aliphatic rings. The number of pyridine rings is 1. The van der Waals surface area contributed by atoms with E-state index in [9.17, 15) is 23.1 Å².